The second-order valence-electron chi connectivity index (χ2n) is 5.01. The highest BCUT2D eigenvalue weighted by molar-refractivity contribution is 5.65. The van der Waals surface area contributed by atoms with Crippen LogP contribution >= 0.6 is 0 Å². The minimum Gasteiger partial charge on any atom is -0.385 e. The van der Waals surface area contributed by atoms with Gasteiger partial charge >= 0.3 is 0 Å². The van der Waals surface area contributed by atoms with Crippen LogP contribution in [-0.4, -0.2) is 37.8 Å². The first-order valence-corrected chi connectivity index (χ1v) is 6.95. The Morgan fingerprint density at radius 3 is 2.90 bits per heavy atom. The van der Waals surface area contributed by atoms with Gasteiger partial charge in [-0.2, -0.15) is 0 Å². The number of hydrogen-bond donors (Lipinski definition) is 1. The van der Waals surface area contributed by atoms with Crippen molar-refractivity contribution in [1.82, 2.24) is 0 Å². The van der Waals surface area contributed by atoms with Gasteiger partial charge in [-0.3, -0.25) is 10.1 Å². The quantitative estimate of drug-likeness (QED) is 0.640. The molecule has 0 saturated carbocycles. The van der Waals surface area contributed by atoms with Crippen molar-refractivity contribution < 1.29 is 9.66 Å². The standard InChI is InChI=1S/C14H21N3O3/c1-3-5-15-11-7-12(9-13(8-11)17(18)19)16-6-4-14(10-16)20-2/h7-9,14-15H,3-6,10H2,1-2H3. The molecular weight excluding hydrogens is 258 g/mol. The Bertz CT molecular complexity index is 479. The van der Waals surface area contributed by atoms with Crippen LogP contribution in [-0.2, 0) is 4.74 Å². The van der Waals surface area contributed by atoms with E-state index in [9.17, 15) is 10.1 Å². The second kappa shape index (κ2) is 6.56. The van der Waals surface area contributed by atoms with Crippen LogP contribution in [0.15, 0.2) is 18.2 Å². The Morgan fingerprint density at radius 2 is 2.30 bits per heavy atom. The van der Waals surface area contributed by atoms with E-state index in [4.69, 9.17) is 4.74 Å². The van der Waals surface area contributed by atoms with E-state index in [0.717, 1.165) is 43.9 Å². The van der Waals surface area contributed by atoms with E-state index >= 15 is 0 Å². The number of nitro benzene ring substituents is 1. The molecule has 0 radical (unpaired) electrons. The Morgan fingerprint density at radius 1 is 1.50 bits per heavy atom. The molecule has 1 aromatic rings. The highest BCUT2D eigenvalue weighted by Gasteiger charge is 2.24. The first-order valence-electron chi connectivity index (χ1n) is 6.95. The summed E-state index contributed by atoms with van der Waals surface area (Å²) in [6.45, 7) is 4.52. The molecule has 1 unspecified atom stereocenters. The number of rotatable bonds is 6. The molecule has 1 atom stereocenters. The maximum atomic E-state index is 11.0. The van der Waals surface area contributed by atoms with Crippen LogP contribution in [0.2, 0.25) is 0 Å². The number of ether oxygens (including phenoxy) is 1. The number of nitro groups is 1. The summed E-state index contributed by atoms with van der Waals surface area (Å²) in [7, 11) is 1.70. The molecule has 0 aromatic heterocycles. The molecular formula is C14H21N3O3. The first-order chi connectivity index (χ1) is 9.63. The molecule has 6 heteroatoms. The topological polar surface area (TPSA) is 67.6 Å². The number of benzene rings is 1. The SMILES string of the molecule is CCCNc1cc(N2CCC(OC)C2)cc([N+](=O)[O-])c1. The van der Waals surface area contributed by atoms with Crippen molar-refractivity contribution >= 4 is 17.1 Å². The minimum absolute atomic E-state index is 0.127. The fourth-order valence-corrected chi connectivity index (χ4v) is 2.41. The van der Waals surface area contributed by atoms with Crippen molar-refractivity contribution in [1.29, 1.82) is 0 Å². The van der Waals surface area contributed by atoms with Crippen molar-refractivity contribution in [2.45, 2.75) is 25.9 Å². The van der Waals surface area contributed by atoms with Gasteiger partial charge in [-0.1, -0.05) is 6.92 Å². The molecule has 0 amide bonds. The highest BCUT2D eigenvalue weighted by atomic mass is 16.6. The summed E-state index contributed by atoms with van der Waals surface area (Å²) >= 11 is 0. The van der Waals surface area contributed by atoms with Gasteiger partial charge in [-0.05, 0) is 18.9 Å². The van der Waals surface area contributed by atoms with Gasteiger partial charge in [0.15, 0.2) is 0 Å². The van der Waals surface area contributed by atoms with Crippen molar-refractivity contribution in [2.75, 3.05) is 37.0 Å². The van der Waals surface area contributed by atoms with E-state index < -0.39 is 0 Å². The van der Waals surface area contributed by atoms with Crippen LogP contribution in [0.4, 0.5) is 17.1 Å². The van der Waals surface area contributed by atoms with Gasteiger partial charge in [0.2, 0.25) is 0 Å². The summed E-state index contributed by atoms with van der Waals surface area (Å²) in [5.41, 5.74) is 1.82. The molecule has 0 spiro atoms. The molecule has 1 fully saturated rings. The highest BCUT2D eigenvalue weighted by Crippen LogP contribution is 2.29. The van der Waals surface area contributed by atoms with Crippen LogP contribution in [0, 0.1) is 10.1 Å². The van der Waals surface area contributed by atoms with Gasteiger partial charge in [-0.25, -0.2) is 0 Å². The fraction of sp³-hybridized carbons (Fsp3) is 0.571. The van der Waals surface area contributed by atoms with Crippen molar-refractivity contribution in [3.63, 3.8) is 0 Å². The van der Waals surface area contributed by atoms with Gasteiger partial charge in [0.1, 0.15) is 0 Å². The lowest BCUT2D eigenvalue weighted by molar-refractivity contribution is -0.384. The van der Waals surface area contributed by atoms with Gasteiger partial charge < -0.3 is 15.0 Å². The first kappa shape index (κ1) is 14.6. The smallest absolute Gasteiger partial charge is 0.273 e. The summed E-state index contributed by atoms with van der Waals surface area (Å²) in [6, 6.07) is 5.19. The minimum atomic E-state index is -0.343. The predicted octanol–water partition coefficient (Wildman–Crippen LogP) is 2.64. The van der Waals surface area contributed by atoms with Crippen molar-refractivity contribution in [3.05, 3.63) is 28.3 Å². The van der Waals surface area contributed by atoms with Crippen molar-refractivity contribution in [2.24, 2.45) is 0 Å². The zero-order chi connectivity index (χ0) is 14.5. The summed E-state index contributed by atoms with van der Waals surface area (Å²) in [4.78, 5) is 12.8. The molecule has 0 aliphatic carbocycles. The predicted molar refractivity (Wildman–Crippen MR) is 79.5 cm³/mol. The van der Waals surface area contributed by atoms with Crippen LogP contribution in [0.1, 0.15) is 19.8 Å². The average molecular weight is 279 g/mol. The van der Waals surface area contributed by atoms with Crippen molar-refractivity contribution in [3.8, 4) is 0 Å². The van der Waals surface area contributed by atoms with E-state index in [1.807, 2.05) is 6.07 Å². The maximum absolute atomic E-state index is 11.0. The van der Waals surface area contributed by atoms with Gasteiger partial charge in [-0.15, -0.1) is 0 Å². The third-order valence-corrected chi connectivity index (χ3v) is 3.54. The molecule has 6 nitrogen and oxygen atoms in total. The number of hydrogen-bond acceptors (Lipinski definition) is 5. The summed E-state index contributed by atoms with van der Waals surface area (Å²) < 4.78 is 5.34. The normalized spacial score (nSPS) is 18.3. The number of methoxy groups -OCH3 is 1. The molecule has 1 N–H and O–H groups in total. The fourth-order valence-electron chi connectivity index (χ4n) is 2.41. The summed E-state index contributed by atoms with van der Waals surface area (Å²) in [6.07, 6.45) is 2.14. The molecule has 2 rings (SSSR count). The molecule has 1 heterocycles. The lowest BCUT2D eigenvalue weighted by atomic mass is 10.2. The van der Waals surface area contributed by atoms with Gasteiger partial charge in [0, 0.05) is 50.3 Å². The van der Waals surface area contributed by atoms with Gasteiger partial charge in [0.25, 0.3) is 5.69 Å². The van der Waals surface area contributed by atoms with E-state index in [1.54, 1.807) is 19.2 Å². The monoisotopic (exact) mass is 279 g/mol. The number of non-ortho nitro benzene ring substituents is 1. The average Bonchev–Trinajstić information content (AvgIpc) is 2.93. The largest absolute Gasteiger partial charge is 0.385 e. The lowest BCUT2D eigenvalue weighted by Gasteiger charge is -2.19. The van der Waals surface area contributed by atoms with Crippen LogP contribution in [0.25, 0.3) is 0 Å². The molecule has 110 valence electrons. The maximum Gasteiger partial charge on any atom is 0.273 e. The molecule has 1 saturated heterocycles. The van der Waals surface area contributed by atoms with Gasteiger partial charge in [0.05, 0.1) is 11.0 Å². The summed E-state index contributed by atoms with van der Waals surface area (Å²) in [5, 5.41) is 14.3. The second-order valence-corrected chi connectivity index (χ2v) is 5.01. The lowest BCUT2D eigenvalue weighted by Crippen LogP contribution is -2.22. The van der Waals surface area contributed by atoms with Crippen LogP contribution in [0.5, 0.6) is 0 Å². The molecule has 0 bridgehead atoms. The summed E-state index contributed by atoms with van der Waals surface area (Å²) in [5.74, 6) is 0. The van der Waals surface area contributed by atoms with E-state index in [0.29, 0.717) is 0 Å². The van der Waals surface area contributed by atoms with Crippen LogP contribution < -0.4 is 10.2 Å². The molecule has 1 aliphatic rings. The zero-order valence-electron chi connectivity index (χ0n) is 12.0. The number of nitrogens with zero attached hydrogens (tertiary/aromatic N) is 2. The number of nitrogens with one attached hydrogen (secondary N) is 1. The third-order valence-electron chi connectivity index (χ3n) is 3.54. The molecule has 1 aliphatic heterocycles. The van der Waals surface area contributed by atoms with E-state index in [2.05, 4.69) is 17.1 Å². The Kier molecular flexibility index (Phi) is 4.79. The van der Waals surface area contributed by atoms with Crippen LogP contribution in [0.3, 0.4) is 0 Å². The Labute approximate surface area is 118 Å². The molecule has 1 aromatic carbocycles. The zero-order valence-corrected chi connectivity index (χ0v) is 12.0. The number of anilines is 2. The Hall–Kier alpha value is -1.82. The third kappa shape index (κ3) is 3.39. The molecule has 20 heavy (non-hydrogen) atoms. The Balaban J connectivity index is 2.22. The van der Waals surface area contributed by atoms with E-state index in [1.165, 1.54) is 0 Å². The van der Waals surface area contributed by atoms with E-state index in [-0.39, 0.29) is 16.7 Å².